The zero-order chi connectivity index (χ0) is 18.8. The molecule has 0 atom stereocenters. The van der Waals surface area contributed by atoms with Crippen molar-refractivity contribution in [3.63, 3.8) is 0 Å². The van der Waals surface area contributed by atoms with E-state index < -0.39 is 11.8 Å². The molecule has 3 rings (SSSR count). The van der Waals surface area contributed by atoms with E-state index >= 15 is 0 Å². The SMILES string of the molecule is CC(=O)c1c(COC(=O)c2cccnc2)nc2cc(Cl)c(Cl)cc2[n+]1[O-]. The molecule has 132 valence electrons. The lowest BCUT2D eigenvalue weighted by molar-refractivity contribution is -0.580. The number of Topliss-reactive ketones (excluding diaryl/α,β-unsaturated/α-hetero) is 1. The Morgan fingerprint density at radius 2 is 2.00 bits per heavy atom. The number of ketones is 1. The number of hydrogen-bond acceptors (Lipinski definition) is 6. The number of carbonyl (C=O) groups is 2. The quantitative estimate of drug-likeness (QED) is 0.293. The van der Waals surface area contributed by atoms with Gasteiger partial charge in [0.05, 0.1) is 15.6 Å². The van der Waals surface area contributed by atoms with Gasteiger partial charge in [-0.25, -0.2) is 9.78 Å². The van der Waals surface area contributed by atoms with Gasteiger partial charge in [-0.05, 0) is 18.2 Å². The Bertz CT molecular complexity index is 1030. The van der Waals surface area contributed by atoms with E-state index in [2.05, 4.69) is 9.97 Å². The highest BCUT2D eigenvalue weighted by atomic mass is 35.5. The van der Waals surface area contributed by atoms with Crippen molar-refractivity contribution in [2.24, 2.45) is 0 Å². The van der Waals surface area contributed by atoms with E-state index in [9.17, 15) is 14.8 Å². The molecule has 0 unspecified atom stereocenters. The molecule has 0 fully saturated rings. The first kappa shape index (κ1) is 18.0. The van der Waals surface area contributed by atoms with Crippen LogP contribution in [0.25, 0.3) is 11.0 Å². The summed E-state index contributed by atoms with van der Waals surface area (Å²) in [6.45, 7) is 0.863. The van der Waals surface area contributed by atoms with E-state index in [1.165, 1.54) is 37.5 Å². The zero-order valence-corrected chi connectivity index (χ0v) is 14.9. The molecular formula is C17H11Cl2N3O4. The van der Waals surface area contributed by atoms with Crippen LogP contribution in [0.1, 0.15) is 33.5 Å². The van der Waals surface area contributed by atoms with Gasteiger partial charge in [0, 0.05) is 25.4 Å². The molecule has 0 saturated heterocycles. The predicted octanol–water partition coefficient (Wildman–Crippen LogP) is 3.13. The van der Waals surface area contributed by atoms with Crippen molar-refractivity contribution in [2.45, 2.75) is 13.5 Å². The van der Waals surface area contributed by atoms with Gasteiger partial charge >= 0.3 is 5.97 Å². The smallest absolute Gasteiger partial charge is 0.340 e. The highest BCUT2D eigenvalue weighted by Crippen LogP contribution is 2.26. The molecule has 2 aromatic heterocycles. The van der Waals surface area contributed by atoms with Crippen LogP contribution in [0.5, 0.6) is 0 Å². The van der Waals surface area contributed by atoms with Crippen LogP contribution in [0.3, 0.4) is 0 Å². The number of nitrogens with zero attached hydrogens (tertiary/aromatic N) is 3. The lowest BCUT2D eigenvalue weighted by atomic mass is 10.2. The normalized spacial score (nSPS) is 10.7. The Morgan fingerprint density at radius 1 is 1.27 bits per heavy atom. The molecule has 0 amide bonds. The Labute approximate surface area is 157 Å². The largest absolute Gasteiger partial charge is 0.618 e. The first-order chi connectivity index (χ1) is 12.4. The van der Waals surface area contributed by atoms with E-state index in [4.69, 9.17) is 27.9 Å². The number of carbonyl (C=O) groups excluding carboxylic acids is 2. The van der Waals surface area contributed by atoms with E-state index in [0.717, 1.165) is 0 Å². The zero-order valence-electron chi connectivity index (χ0n) is 13.4. The average Bonchev–Trinajstić information content (AvgIpc) is 2.62. The molecule has 1 aromatic carbocycles. The van der Waals surface area contributed by atoms with E-state index in [1.807, 2.05) is 0 Å². The molecule has 0 aliphatic rings. The molecule has 0 aliphatic carbocycles. The van der Waals surface area contributed by atoms with Gasteiger partial charge in [-0.15, -0.1) is 0 Å². The van der Waals surface area contributed by atoms with Crippen molar-refractivity contribution in [1.29, 1.82) is 0 Å². The van der Waals surface area contributed by atoms with E-state index in [0.29, 0.717) is 4.73 Å². The van der Waals surface area contributed by atoms with Crippen LogP contribution in [0.2, 0.25) is 10.0 Å². The summed E-state index contributed by atoms with van der Waals surface area (Å²) < 4.78 is 5.57. The number of fused-ring (bicyclic) bond motifs is 1. The topological polar surface area (TPSA) is 96.1 Å². The number of aromatic nitrogens is 3. The first-order valence-corrected chi connectivity index (χ1v) is 8.13. The summed E-state index contributed by atoms with van der Waals surface area (Å²) in [7, 11) is 0. The minimum Gasteiger partial charge on any atom is -0.618 e. The Balaban J connectivity index is 2.01. The van der Waals surface area contributed by atoms with Crippen molar-refractivity contribution in [3.05, 3.63) is 68.9 Å². The molecule has 7 nitrogen and oxygen atoms in total. The van der Waals surface area contributed by atoms with Crippen LogP contribution in [0.15, 0.2) is 36.7 Å². The molecule has 26 heavy (non-hydrogen) atoms. The molecular weight excluding hydrogens is 381 g/mol. The molecule has 3 aromatic rings. The van der Waals surface area contributed by atoms with Gasteiger partial charge in [-0.2, -0.15) is 4.73 Å². The third kappa shape index (κ3) is 3.44. The number of pyridine rings is 1. The molecule has 0 aliphatic heterocycles. The second kappa shape index (κ2) is 7.23. The molecule has 0 bridgehead atoms. The fourth-order valence-electron chi connectivity index (χ4n) is 2.36. The van der Waals surface area contributed by atoms with Crippen molar-refractivity contribution in [2.75, 3.05) is 0 Å². The minimum absolute atomic E-state index is 0.0237. The van der Waals surface area contributed by atoms with Crippen molar-refractivity contribution in [1.82, 2.24) is 9.97 Å². The summed E-state index contributed by atoms with van der Waals surface area (Å²) in [4.78, 5) is 32.0. The second-order valence-corrected chi connectivity index (χ2v) is 6.14. The van der Waals surface area contributed by atoms with Crippen molar-refractivity contribution >= 4 is 46.0 Å². The Morgan fingerprint density at radius 3 is 2.65 bits per heavy atom. The summed E-state index contributed by atoms with van der Waals surface area (Å²) in [6.07, 6.45) is 2.86. The van der Waals surface area contributed by atoms with Crippen LogP contribution < -0.4 is 4.73 Å². The maximum Gasteiger partial charge on any atom is 0.340 e. The summed E-state index contributed by atoms with van der Waals surface area (Å²) in [5, 5.41) is 12.9. The molecule has 0 radical (unpaired) electrons. The second-order valence-electron chi connectivity index (χ2n) is 5.33. The van der Waals surface area contributed by atoms with Gasteiger partial charge in [0.25, 0.3) is 5.69 Å². The first-order valence-electron chi connectivity index (χ1n) is 7.37. The van der Waals surface area contributed by atoms with E-state index in [-0.39, 0.29) is 44.6 Å². The summed E-state index contributed by atoms with van der Waals surface area (Å²) in [5.41, 5.74) is 0.353. The third-order valence-electron chi connectivity index (χ3n) is 3.54. The molecule has 0 spiro atoms. The van der Waals surface area contributed by atoms with Gasteiger partial charge in [-0.3, -0.25) is 9.78 Å². The van der Waals surface area contributed by atoms with Crippen LogP contribution in [0.4, 0.5) is 0 Å². The van der Waals surface area contributed by atoms with E-state index in [1.54, 1.807) is 6.07 Å². The van der Waals surface area contributed by atoms with Crippen LogP contribution >= 0.6 is 23.2 Å². The maximum atomic E-state index is 12.6. The highest BCUT2D eigenvalue weighted by Gasteiger charge is 2.25. The molecule has 2 heterocycles. The molecule has 9 heteroatoms. The average molecular weight is 392 g/mol. The molecule has 0 saturated carbocycles. The summed E-state index contributed by atoms with van der Waals surface area (Å²) in [5.74, 6) is -1.17. The van der Waals surface area contributed by atoms with Crippen molar-refractivity contribution < 1.29 is 19.1 Å². The number of ether oxygens (including phenoxy) is 1. The van der Waals surface area contributed by atoms with Gasteiger partial charge in [0.1, 0.15) is 12.1 Å². The number of esters is 1. The fourth-order valence-corrected chi connectivity index (χ4v) is 2.68. The minimum atomic E-state index is -0.652. The third-order valence-corrected chi connectivity index (χ3v) is 4.26. The summed E-state index contributed by atoms with van der Waals surface area (Å²) >= 11 is 11.9. The van der Waals surface area contributed by atoms with Crippen molar-refractivity contribution in [3.8, 4) is 0 Å². The lowest BCUT2D eigenvalue weighted by Gasteiger charge is -2.11. The van der Waals surface area contributed by atoms with Gasteiger partial charge in [0.15, 0.2) is 5.69 Å². The van der Waals surface area contributed by atoms with Crippen LogP contribution in [-0.4, -0.2) is 21.7 Å². The monoisotopic (exact) mass is 391 g/mol. The lowest BCUT2D eigenvalue weighted by Crippen LogP contribution is -2.37. The number of halogens is 2. The number of benzene rings is 1. The fraction of sp³-hybridized carbons (Fsp3) is 0.118. The maximum absolute atomic E-state index is 12.6. The Kier molecular flexibility index (Phi) is 5.01. The predicted molar refractivity (Wildman–Crippen MR) is 94.1 cm³/mol. The number of rotatable bonds is 4. The van der Waals surface area contributed by atoms with Gasteiger partial charge in [0.2, 0.25) is 11.3 Å². The summed E-state index contributed by atoms with van der Waals surface area (Å²) in [6, 6.07) is 5.86. The van der Waals surface area contributed by atoms with Gasteiger partial charge < -0.3 is 9.94 Å². The van der Waals surface area contributed by atoms with Crippen LogP contribution in [-0.2, 0) is 11.3 Å². The Hall–Kier alpha value is -2.77. The van der Waals surface area contributed by atoms with Crippen LogP contribution in [0, 0.1) is 5.21 Å². The van der Waals surface area contributed by atoms with Gasteiger partial charge in [-0.1, -0.05) is 23.2 Å². The molecule has 0 N–H and O–H groups in total. The standard InChI is InChI=1S/C17H11Cl2N3O4/c1-9(23)16-14(8-26-17(24)10-3-2-4-20-7-10)21-13-5-11(18)12(19)6-15(13)22(16)25/h2-7H,8H2,1H3. The highest BCUT2D eigenvalue weighted by molar-refractivity contribution is 6.42. The number of hydrogen-bond donors (Lipinski definition) is 0.